The number of aromatic nitrogens is 3. The monoisotopic (exact) mass is 504 g/mol. The van der Waals surface area contributed by atoms with Crippen molar-refractivity contribution in [2.75, 3.05) is 38.5 Å². The van der Waals surface area contributed by atoms with E-state index in [0.29, 0.717) is 16.7 Å². The first-order valence-electron chi connectivity index (χ1n) is 12.5. The van der Waals surface area contributed by atoms with Gasteiger partial charge in [-0.15, -0.1) is 0 Å². The third kappa shape index (κ3) is 4.40. The minimum absolute atomic E-state index is 0.112. The van der Waals surface area contributed by atoms with E-state index in [0.717, 1.165) is 56.6 Å². The third-order valence-electron chi connectivity index (χ3n) is 7.39. The predicted octanol–water partition coefficient (Wildman–Crippen LogP) is 3.41. The number of nitrogens with zero attached hydrogens (tertiary/aromatic N) is 6. The van der Waals surface area contributed by atoms with Gasteiger partial charge < -0.3 is 20.5 Å². The first-order chi connectivity index (χ1) is 17.8. The molecular formula is C27H30F2N8. The van der Waals surface area contributed by atoms with Gasteiger partial charge in [0, 0.05) is 69.1 Å². The number of hydrogen-bond acceptors (Lipinski definition) is 7. The van der Waals surface area contributed by atoms with Crippen LogP contribution >= 0.6 is 0 Å². The van der Waals surface area contributed by atoms with E-state index in [2.05, 4.69) is 43.7 Å². The molecule has 1 spiro atoms. The van der Waals surface area contributed by atoms with E-state index in [9.17, 15) is 8.78 Å². The molecule has 0 atom stereocenters. The maximum atomic E-state index is 14.9. The molecule has 3 aliphatic heterocycles. The Balaban J connectivity index is 1.17. The quantitative estimate of drug-likeness (QED) is 0.480. The van der Waals surface area contributed by atoms with Gasteiger partial charge in [-0.25, -0.2) is 23.7 Å². The number of rotatable bonds is 7. The van der Waals surface area contributed by atoms with Crippen molar-refractivity contribution in [1.82, 2.24) is 24.3 Å². The van der Waals surface area contributed by atoms with Gasteiger partial charge in [0.2, 0.25) is 0 Å². The lowest BCUT2D eigenvalue weighted by Gasteiger charge is -2.59. The average molecular weight is 505 g/mol. The molecule has 2 aromatic heterocycles. The van der Waals surface area contributed by atoms with Gasteiger partial charge >= 0.3 is 0 Å². The van der Waals surface area contributed by atoms with Crippen LogP contribution in [0.3, 0.4) is 0 Å². The largest absolute Gasteiger partial charge is 0.402 e. The standard InChI is InChI=1S/C27H30F2N8/c1-17(32-23-6-5-18(11-31-23)12-36-15-27(16-36)13-35(2)14-27)33-25(21(29)10-30)19-8-20(28)26-22(9-19)37-7-3-4-24(37)34-26/h5-6,8-11H,1,3-4,7,12-16,30H2,2H3,(H,31,32)/b21-10+,33-25?. The smallest absolute Gasteiger partial charge is 0.164 e. The molecule has 37 heavy (non-hydrogen) atoms. The van der Waals surface area contributed by atoms with Gasteiger partial charge in [0.1, 0.15) is 28.7 Å². The second-order valence-corrected chi connectivity index (χ2v) is 10.5. The van der Waals surface area contributed by atoms with Gasteiger partial charge in [0.25, 0.3) is 0 Å². The Kier molecular flexibility index (Phi) is 5.80. The zero-order valence-electron chi connectivity index (χ0n) is 20.8. The van der Waals surface area contributed by atoms with Crippen LogP contribution in [0.4, 0.5) is 14.6 Å². The number of nitrogens with one attached hydrogen (secondary N) is 1. The lowest BCUT2D eigenvalue weighted by Crippen LogP contribution is -2.70. The van der Waals surface area contributed by atoms with Crippen LogP contribution in [0.15, 0.2) is 59.9 Å². The molecule has 8 nitrogen and oxygen atoms in total. The highest BCUT2D eigenvalue weighted by Gasteiger charge is 2.49. The maximum absolute atomic E-state index is 14.9. The summed E-state index contributed by atoms with van der Waals surface area (Å²) in [5.74, 6) is 0.218. The second-order valence-electron chi connectivity index (χ2n) is 10.5. The van der Waals surface area contributed by atoms with E-state index in [1.54, 1.807) is 6.07 Å². The summed E-state index contributed by atoms with van der Waals surface area (Å²) in [6.07, 6.45) is 4.38. The van der Waals surface area contributed by atoms with Crippen molar-refractivity contribution in [3.63, 3.8) is 0 Å². The SMILES string of the molecule is C=C(N=C(/C(F)=C\N)c1cc(F)c2nc3n(c2c1)CCC3)Nc1ccc(CN2CC3(CN(C)C3)C2)cn1. The van der Waals surface area contributed by atoms with E-state index in [1.807, 2.05) is 22.9 Å². The summed E-state index contributed by atoms with van der Waals surface area (Å²) in [7, 11) is 2.16. The van der Waals surface area contributed by atoms with Crippen molar-refractivity contribution >= 4 is 22.6 Å². The summed E-state index contributed by atoms with van der Waals surface area (Å²) < 4.78 is 31.7. The van der Waals surface area contributed by atoms with E-state index in [-0.39, 0.29) is 22.6 Å². The first-order valence-corrected chi connectivity index (χ1v) is 12.5. The fraction of sp³-hybridized carbons (Fsp3) is 0.370. The Bertz CT molecular complexity index is 1420. The van der Waals surface area contributed by atoms with Crippen LogP contribution in [0.2, 0.25) is 0 Å². The molecular weight excluding hydrogens is 474 g/mol. The molecule has 192 valence electrons. The number of aryl methyl sites for hydroxylation is 2. The minimum Gasteiger partial charge on any atom is -0.402 e. The summed E-state index contributed by atoms with van der Waals surface area (Å²) in [6.45, 7) is 10.1. The molecule has 0 aliphatic carbocycles. The van der Waals surface area contributed by atoms with Crippen LogP contribution in [0, 0.1) is 11.2 Å². The maximum Gasteiger partial charge on any atom is 0.164 e. The van der Waals surface area contributed by atoms with Crippen LogP contribution < -0.4 is 11.1 Å². The van der Waals surface area contributed by atoms with Crippen LogP contribution in [-0.4, -0.2) is 63.3 Å². The predicted molar refractivity (Wildman–Crippen MR) is 140 cm³/mol. The van der Waals surface area contributed by atoms with Gasteiger partial charge in [0.15, 0.2) is 11.6 Å². The molecule has 0 saturated carbocycles. The number of fused-ring (bicyclic) bond motifs is 3. The summed E-state index contributed by atoms with van der Waals surface area (Å²) in [6, 6.07) is 6.78. The molecule has 0 bridgehead atoms. The number of likely N-dealkylation sites (tertiary alicyclic amines) is 2. The van der Waals surface area contributed by atoms with Gasteiger partial charge in [-0.05, 0) is 37.2 Å². The van der Waals surface area contributed by atoms with Crippen LogP contribution in [-0.2, 0) is 19.5 Å². The van der Waals surface area contributed by atoms with Gasteiger partial charge in [-0.2, -0.15) is 0 Å². The molecule has 1 aromatic carbocycles. The Hall–Kier alpha value is -3.63. The summed E-state index contributed by atoms with van der Waals surface area (Å²) in [5, 5.41) is 3.00. The summed E-state index contributed by atoms with van der Waals surface area (Å²) in [5.41, 5.74) is 8.14. The summed E-state index contributed by atoms with van der Waals surface area (Å²) in [4.78, 5) is 18.0. The number of anilines is 1. The Labute approximate surface area is 214 Å². The highest BCUT2D eigenvalue weighted by Crippen LogP contribution is 2.39. The van der Waals surface area contributed by atoms with Crippen molar-refractivity contribution < 1.29 is 8.78 Å². The number of pyridine rings is 1. The highest BCUT2D eigenvalue weighted by molar-refractivity contribution is 6.13. The van der Waals surface area contributed by atoms with Crippen molar-refractivity contribution in [3.05, 3.63) is 77.7 Å². The van der Waals surface area contributed by atoms with E-state index in [1.165, 1.54) is 19.2 Å². The number of hydrogen-bond donors (Lipinski definition) is 2. The average Bonchev–Trinajstić information content (AvgIpc) is 3.43. The highest BCUT2D eigenvalue weighted by atomic mass is 19.1. The number of halogens is 2. The number of imidazole rings is 1. The van der Waals surface area contributed by atoms with E-state index in [4.69, 9.17) is 5.73 Å². The zero-order valence-corrected chi connectivity index (χ0v) is 20.8. The second kappa shape index (κ2) is 9.04. The number of nitrogens with two attached hydrogens (primary N) is 1. The van der Waals surface area contributed by atoms with Gasteiger partial charge in [0.05, 0.1) is 5.52 Å². The lowest BCUT2D eigenvalue weighted by atomic mass is 9.73. The molecule has 3 aliphatic rings. The Morgan fingerprint density at radius 2 is 2.08 bits per heavy atom. The first kappa shape index (κ1) is 23.7. The van der Waals surface area contributed by atoms with Gasteiger partial charge in [-0.3, -0.25) is 4.90 Å². The van der Waals surface area contributed by atoms with Crippen molar-refractivity contribution in [3.8, 4) is 0 Å². The third-order valence-corrected chi connectivity index (χ3v) is 7.39. The fourth-order valence-corrected chi connectivity index (χ4v) is 6.01. The van der Waals surface area contributed by atoms with Crippen molar-refractivity contribution in [2.45, 2.75) is 25.9 Å². The number of aliphatic imine (C=N–C) groups is 1. The molecule has 2 fully saturated rings. The van der Waals surface area contributed by atoms with Crippen molar-refractivity contribution in [2.24, 2.45) is 16.1 Å². The minimum atomic E-state index is -0.781. The topological polar surface area (TPSA) is 87.6 Å². The molecule has 6 rings (SSSR count). The van der Waals surface area contributed by atoms with E-state index < -0.39 is 11.6 Å². The fourth-order valence-electron chi connectivity index (χ4n) is 6.01. The van der Waals surface area contributed by atoms with Crippen molar-refractivity contribution in [1.29, 1.82) is 0 Å². The Morgan fingerprint density at radius 1 is 1.27 bits per heavy atom. The van der Waals surface area contributed by atoms with Crippen LogP contribution in [0.5, 0.6) is 0 Å². The lowest BCUT2D eigenvalue weighted by molar-refractivity contribution is -0.108. The zero-order chi connectivity index (χ0) is 25.7. The molecule has 0 unspecified atom stereocenters. The van der Waals surface area contributed by atoms with Gasteiger partial charge in [-0.1, -0.05) is 12.6 Å². The molecule has 0 amide bonds. The molecule has 0 radical (unpaired) electrons. The molecule has 5 heterocycles. The molecule has 3 aromatic rings. The molecule has 3 N–H and O–H groups in total. The van der Waals surface area contributed by atoms with Crippen LogP contribution in [0.25, 0.3) is 11.0 Å². The molecule has 2 saturated heterocycles. The number of benzene rings is 1. The normalized spacial score (nSPS) is 19.6. The molecule has 10 heteroatoms. The van der Waals surface area contributed by atoms with Crippen LogP contribution in [0.1, 0.15) is 23.4 Å². The van der Waals surface area contributed by atoms with E-state index >= 15 is 0 Å². The summed E-state index contributed by atoms with van der Waals surface area (Å²) >= 11 is 0. The number of allylic oxidation sites excluding steroid dienone is 1. The Morgan fingerprint density at radius 3 is 2.78 bits per heavy atom.